The average molecular weight is 263 g/mol. The predicted octanol–water partition coefficient (Wildman–Crippen LogP) is 3.81. The topological polar surface area (TPSA) is 20.3 Å². The Hall–Kier alpha value is -0.960. The van der Waals surface area contributed by atoms with Crippen LogP contribution in [0.4, 0.5) is 0 Å². The van der Waals surface area contributed by atoms with Gasteiger partial charge in [-0.2, -0.15) is 0 Å². The van der Waals surface area contributed by atoms with E-state index in [2.05, 4.69) is 18.1 Å². The molecule has 0 radical (unpaired) electrons. The van der Waals surface area contributed by atoms with E-state index in [0.29, 0.717) is 6.04 Å². The molecule has 0 saturated carbocycles. The fourth-order valence-corrected chi connectivity index (χ4v) is 3.00. The van der Waals surface area contributed by atoms with Gasteiger partial charge >= 0.3 is 0 Å². The van der Waals surface area contributed by atoms with Crippen LogP contribution in [0, 0.1) is 0 Å². The number of likely N-dealkylation sites (tertiary alicyclic amines) is 1. The maximum Gasteiger partial charge on any atom is 0.254 e. The van der Waals surface area contributed by atoms with E-state index in [1.54, 1.807) is 11.8 Å². The van der Waals surface area contributed by atoms with Crippen molar-refractivity contribution in [2.75, 3.05) is 12.8 Å². The van der Waals surface area contributed by atoms with Gasteiger partial charge in [0.2, 0.25) is 0 Å². The Labute approximate surface area is 114 Å². The van der Waals surface area contributed by atoms with Crippen molar-refractivity contribution >= 4 is 17.7 Å². The minimum absolute atomic E-state index is 0.203. The van der Waals surface area contributed by atoms with Gasteiger partial charge < -0.3 is 4.90 Å². The number of rotatable bonds is 3. The fourth-order valence-electron chi connectivity index (χ4n) is 2.59. The molecule has 1 atom stereocenters. The van der Waals surface area contributed by atoms with E-state index in [9.17, 15) is 4.79 Å². The molecule has 1 heterocycles. The molecule has 98 valence electrons. The Morgan fingerprint density at radius 3 is 2.67 bits per heavy atom. The number of amides is 1. The molecule has 1 unspecified atom stereocenters. The van der Waals surface area contributed by atoms with Crippen LogP contribution < -0.4 is 0 Å². The molecular weight excluding hydrogens is 242 g/mol. The SMILES string of the molecule is CCC1CCCCN1C(=O)c1ccc(SC)cc1. The van der Waals surface area contributed by atoms with Gasteiger partial charge in [-0.1, -0.05) is 6.92 Å². The molecule has 0 spiro atoms. The Morgan fingerprint density at radius 2 is 2.06 bits per heavy atom. The van der Waals surface area contributed by atoms with Crippen molar-refractivity contribution in [3.05, 3.63) is 29.8 Å². The van der Waals surface area contributed by atoms with E-state index < -0.39 is 0 Å². The van der Waals surface area contributed by atoms with Crippen LogP contribution in [0.15, 0.2) is 29.2 Å². The molecule has 3 heteroatoms. The summed E-state index contributed by atoms with van der Waals surface area (Å²) in [6.45, 7) is 3.09. The summed E-state index contributed by atoms with van der Waals surface area (Å²) in [5.74, 6) is 0.203. The van der Waals surface area contributed by atoms with E-state index in [1.807, 2.05) is 24.3 Å². The molecule has 0 aromatic heterocycles. The second kappa shape index (κ2) is 6.28. The third-order valence-corrected chi connectivity index (χ3v) is 4.44. The minimum atomic E-state index is 0.203. The number of benzene rings is 1. The Morgan fingerprint density at radius 1 is 1.33 bits per heavy atom. The zero-order valence-electron chi connectivity index (χ0n) is 11.2. The number of carbonyl (C=O) groups excluding carboxylic acids is 1. The smallest absolute Gasteiger partial charge is 0.254 e. The first-order valence-electron chi connectivity index (χ1n) is 6.71. The van der Waals surface area contributed by atoms with Gasteiger partial charge in [0, 0.05) is 23.0 Å². The maximum atomic E-state index is 12.5. The average Bonchev–Trinajstić information content (AvgIpc) is 2.46. The molecule has 2 rings (SSSR count). The zero-order chi connectivity index (χ0) is 13.0. The van der Waals surface area contributed by atoms with Crippen LogP contribution in [0.2, 0.25) is 0 Å². The molecule has 0 bridgehead atoms. The van der Waals surface area contributed by atoms with Gasteiger partial charge in [-0.25, -0.2) is 0 Å². The molecule has 1 aromatic carbocycles. The Kier molecular flexibility index (Phi) is 4.70. The molecule has 1 aliphatic heterocycles. The summed E-state index contributed by atoms with van der Waals surface area (Å²) in [5.41, 5.74) is 0.827. The molecular formula is C15H21NOS. The lowest BCUT2D eigenvalue weighted by atomic mass is 9.99. The predicted molar refractivity (Wildman–Crippen MR) is 77.2 cm³/mol. The summed E-state index contributed by atoms with van der Waals surface area (Å²) < 4.78 is 0. The van der Waals surface area contributed by atoms with Crippen LogP contribution in [0.5, 0.6) is 0 Å². The van der Waals surface area contributed by atoms with Gasteiger partial charge in [-0.05, 0) is 56.2 Å². The molecule has 1 fully saturated rings. The lowest BCUT2D eigenvalue weighted by molar-refractivity contribution is 0.0608. The zero-order valence-corrected chi connectivity index (χ0v) is 12.0. The second-order valence-electron chi connectivity index (χ2n) is 4.78. The van der Waals surface area contributed by atoms with Crippen molar-refractivity contribution < 1.29 is 4.79 Å². The minimum Gasteiger partial charge on any atom is -0.336 e. The van der Waals surface area contributed by atoms with Crippen LogP contribution in [0.1, 0.15) is 43.0 Å². The number of piperidine rings is 1. The molecule has 1 aromatic rings. The highest BCUT2D eigenvalue weighted by molar-refractivity contribution is 7.98. The van der Waals surface area contributed by atoms with Crippen molar-refractivity contribution in [1.82, 2.24) is 4.90 Å². The van der Waals surface area contributed by atoms with Gasteiger partial charge in [-0.3, -0.25) is 4.79 Å². The first-order chi connectivity index (χ1) is 8.76. The van der Waals surface area contributed by atoms with E-state index in [1.165, 1.54) is 11.3 Å². The second-order valence-corrected chi connectivity index (χ2v) is 5.66. The fraction of sp³-hybridized carbons (Fsp3) is 0.533. The molecule has 0 N–H and O–H groups in total. The van der Waals surface area contributed by atoms with Crippen molar-refractivity contribution in [3.63, 3.8) is 0 Å². The summed E-state index contributed by atoms with van der Waals surface area (Å²) >= 11 is 1.70. The van der Waals surface area contributed by atoms with E-state index >= 15 is 0 Å². The first-order valence-corrected chi connectivity index (χ1v) is 7.93. The first kappa shape index (κ1) is 13.5. The van der Waals surface area contributed by atoms with Gasteiger partial charge in [-0.15, -0.1) is 11.8 Å². The molecule has 1 saturated heterocycles. The monoisotopic (exact) mass is 263 g/mol. The normalized spacial score (nSPS) is 19.9. The Bertz CT molecular complexity index is 401. The lowest BCUT2D eigenvalue weighted by Crippen LogP contribution is -2.43. The largest absolute Gasteiger partial charge is 0.336 e. The number of carbonyl (C=O) groups is 1. The van der Waals surface area contributed by atoms with Crippen molar-refractivity contribution in [3.8, 4) is 0 Å². The van der Waals surface area contributed by atoms with Crippen LogP contribution in [0.3, 0.4) is 0 Å². The highest BCUT2D eigenvalue weighted by Gasteiger charge is 2.25. The molecule has 1 aliphatic rings. The lowest BCUT2D eigenvalue weighted by Gasteiger charge is -2.35. The number of hydrogen-bond donors (Lipinski definition) is 0. The van der Waals surface area contributed by atoms with E-state index in [0.717, 1.165) is 31.4 Å². The van der Waals surface area contributed by atoms with Crippen molar-refractivity contribution in [2.45, 2.75) is 43.5 Å². The summed E-state index contributed by atoms with van der Waals surface area (Å²) in [6.07, 6.45) is 6.67. The van der Waals surface area contributed by atoms with Crippen LogP contribution in [0.25, 0.3) is 0 Å². The van der Waals surface area contributed by atoms with Crippen molar-refractivity contribution in [2.24, 2.45) is 0 Å². The quantitative estimate of drug-likeness (QED) is 0.773. The molecule has 0 aliphatic carbocycles. The van der Waals surface area contributed by atoms with Crippen LogP contribution in [-0.4, -0.2) is 29.6 Å². The molecule has 2 nitrogen and oxygen atoms in total. The Balaban J connectivity index is 2.13. The number of hydrogen-bond acceptors (Lipinski definition) is 2. The van der Waals surface area contributed by atoms with Crippen LogP contribution in [-0.2, 0) is 0 Å². The molecule has 1 amide bonds. The van der Waals surface area contributed by atoms with Crippen LogP contribution >= 0.6 is 11.8 Å². The number of nitrogens with zero attached hydrogens (tertiary/aromatic N) is 1. The summed E-state index contributed by atoms with van der Waals surface area (Å²) in [4.78, 5) is 15.8. The van der Waals surface area contributed by atoms with E-state index in [4.69, 9.17) is 0 Å². The highest BCUT2D eigenvalue weighted by Crippen LogP contribution is 2.22. The molecule has 18 heavy (non-hydrogen) atoms. The van der Waals surface area contributed by atoms with Gasteiger partial charge in [0.25, 0.3) is 5.91 Å². The van der Waals surface area contributed by atoms with Crippen molar-refractivity contribution in [1.29, 1.82) is 0 Å². The number of thioether (sulfide) groups is 1. The third kappa shape index (κ3) is 2.89. The highest BCUT2D eigenvalue weighted by atomic mass is 32.2. The summed E-state index contributed by atoms with van der Waals surface area (Å²) in [6, 6.07) is 8.41. The maximum absolute atomic E-state index is 12.5. The van der Waals surface area contributed by atoms with Gasteiger partial charge in [0.1, 0.15) is 0 Å². The summed E-state index contributed by atoms with van der Waals surface area (Å²) in [5, 5.41) is 0. The summed E-state index contributed by atoms with van der Waals surface area (Å²) in [7, 11) is 0. The van der Waals surface area contributed by atoms with Gasteiger partial charge in [0.05, 0.1) is 0 Å². The third-order valence-electron chi connectivity index (χ3n) is 3.70. The van der Waals surface area contributed by atoms with E-state index in [-0.39, 0.29) is 5.91 Å². The van der Waals surface area contributed by atoms with Gasteiger partial charge in [0.15, 0.2) is 0 Å². The standard InChI is InChI=1S/C15H21NOS/c1-3-13-6-4-5-11-16(13)15(17)12-7-9-14(18-2)10-8-12/h7-10,13H,3-6,11H2,1-2H3.